The molecule has 1 heterocycles. The fourth-order valence-electron chi connectivity index (χ4n) is 1.27. The smallest absolute Gasteiger partial charge is 0.316 e. The number of nitrogen functional groups attached to an aromatic ring is 1. The fourth-order valence-corrected chi connectivity index (χ4v) is 1.46. The molecule has 0 aromatic carbocycles. The summed E-state index contributed by atoms with van der Waals surface area (Å²) in [6.07, 6.45) is 0. The topological polar surface area (TPSA) is 112 Å². The standard InChI is InChI=1S/C11H17ClN6O2/c1-18(2)11(20)15-6-5-14-10(19)9-7(12)3-4-8(16-9)17-13/h3-4H,5-6,13H2,1-2H3,(H,14,19)(H,15,20)(H,16,17). The summed E-state index contributed by atoms with van der Waals surface area (Å²) in [5.41, 5.74) is 2.40. The van der Waals surface area contributed by atoms with Crippen molar-refractivity contribution in [2.24, 2.45) is 5.84 Å². The number of pyridine rings is 1. The number of amides is 3. The zero-order valence-corrected chi connectivity index (χ0v) is 12.0. The number of nitrogens with zero attached hydrogens (tertiary/aromatic N) is 2. The number of halogens is 1. The van der Waals surface area contributed by atoms with Gasteiger partial charge in [-0.2, -0.15) is 0 Å². The summed E-state index contributed by atoms with van der Waals surface area (Å²) in [5.74, 6) is 5.11. The molecule has 5 N–H and O–H groups in total. The molecular formula is C11H17ClN6O2. The second kappa shape index (κ2) is 7.51. The molecule has 9 heteroatoms. The first kappa shape index (κ1) is 16.0. The van der Waals surface area contributed by atoms with E-state index in [-0.39, 0.29) is 23.3 Å². The number of hydrogen-bond acceptors (Lipinski definition) is 5. The van der Waals surface area contributed by atoms with Crippen LogP contribution in [0.3, 0.4) is 0 Å². The van der Waals surface area contributed by atoms with Gasteiger partial charge in [-0.05, 0) is 12.1 Å². The molecule has 0 fully saturated rings. The number of urea groups is 1. The number of nitrogens with one attached hydrogen (secondary N) is 3. The molecule has 20 heavy (non-hydrogen) atoms. The van der Waals surface area contributed by atoms with Crippen LogP contribution in [0.4, 0.5) is 10.6 Å². The van der Waals surface area contributed by atoms with Gasteiger partial charge in [-0.1, -0.05) is 11.6 Å². The summed E-state index contributed by atoms with van der Waals surface area (Å²) in [7, 11) is 3.26. The number of rotatable bonds is 5. The Hall–Kier alpha value is -2.06. The molecular weight excluding hydrogens is 284 g/mol. The molecule has 0 unspecified atom stereocenters. The minimum Gasteiger partial charge on any atom is -0.349 e. The Kier molecular flexibility index (Phi) is 6.01. The number of carbonyl (C=O) groups excluding carboxylic acids is 2. The number of hydrazine groups is 1. The highest BCUT2D eigenvalue weighted by molar-refractivity contribution is 6.33. The van der Waals surface area contributed by atoms with Crippen molar-refractivity contribution in [2.75, 3.05) is 32.6 Å². The van der Waals surface area contributed by atoms with Crippen molar-refractivity contribution in [1.82, 2.24) is 20.5 Å². The molecule has 0 bridgehead atoms. The molecule has 0 saturated heterocycles. The molecule has 0 aliphatic rings. The summed E-state index contributed by atoms with van der Waals surface area (Å²) in [6.45, 7) is 0.561. The summed E-state index contributed by atoms with van der Waals surface area (Å²) in [6, 6.07) is 2.84. The van der Waals surface area contributed by atoms with Crippen LogP contribution >= 0.6 is 11.6 Å². The molecule has 0 atom stereocenters. The molecule has 0 aliphatic heterocycles. The average molecular weight is 301 g/mol. The molecule has 1 aromatic heterocycles. The van der Waals surface area contributed by atoms with Gasteiger partial charge in [-0.3, -0.25) is 4.79 Å². The predicted molar refractivity (Wildman–Crippen MR) is 76.5 cm³/mol. The van der Waals surface area contributed by atoms with Crippen LogP contribution in [-0.4, -0.2) is 49.0 Å². The lowest BCUT2D eigenvalue weighted by Gasteiger charge is -2.12. The van der Waals surface area contributed by atoms with Crippen molar-refractivity contribution in [3.05, 3.63) is 22.8 Å². The van der Waals surface area contributed by atoms with Crippen molar-refractivity contribution in [3.8, 4) is 0 Å². The number of aromatic nitrogens is 1. The maximum atomic E-state index is 11.9. The van der Waals surface area contributed by atoms with Gasteiger partial charge in [0, 0.05) is 27.2 Å². The van der Waals surface area contributed by atoms with E-state index in [0.29, 0.717) is 12.4 Å². The second-order valence-electron chi connectivity index (χ2n) is 4.05. The third-order valence-corrected chi connectivity index (χ3v) is 2.61. The first-order valence-electron chi connectivity index (χ1n) is 5.82. The molecule has 0 aliphatic carbocycles. The van der Waals surface area contributed by atoms with E-state index in [2.05, 4.69) is 21.0 Å². The average Bonchev–Trinajstić information content (AvgIpc) is 2.43. The third kappa shape index (κ3) is 4.56. The minimum atomic E-state index is -0.439. The lowest BCUT2D eigenvalue weighted by Crippen LogP contribution is -2.39. The fraction of sp³-hybridized carbons (Fsp3) is 0.364. The lowest BCUT2D eigenvalue weighted by atomic mass is 10.3. The van der Waals surface area contributed by atoms with Crippen LogP contribution in [0.25, 0.3) is 0 Å². The summed E-state index contributed by atoms with van der Waals surface area (Å²) in [4.78, 5) is 28.5. The van der Waals surface area contributed by atoms with Gasteiger partial charge in [0.2, 0.25) is 0 Å². The Labute approximate surface area is 121 Å². The SMILES string of the molecule is CN(C)C(=O)NCCNC(=O)c1nc(NN)ccc1Cl. The maximum Gasteiger partial charge on any atom is 0.316 e. The number of nitrogens with two attached hydrogens (primary N) is 1. The van der Waals surface area contributed by atoms with E-state index in [1.54, 1.807) is 20.2 Å². The van der Waals surface area contributed by atoms with Crippen LogP contribution in [0.2, 0.25) is 5.02 Å². The predicted octanol–water partition coefficient (Wildman–Crippen LogP) is 0.0216. The lowest BCUT2D eigenvalue weighted by molar-refractivity contribution is 0.0949. The highest BCUT2D eigenvalue weighted by atomic mass is 35.5. The molecule has 8 nitrogen and oxygen atoms in total. The van der Waals surface area contributed by atoms with Crippen molar-refractivity contribution in [3.63, 3.8) is 0 Å². The van der Waals surface area contributed by atoms with E-state index >= 15 is 0 Å². The van der Waals surface area contributed by atoms with Gasteiger partial charge in [-0.25, -0.2) is 15.6 Å². The molecule has 0 saturated carbocycles. The van der Waals surface area contributed by atoms with E-state index in [4.69, 9.17) is 17.4 Å². The van der Waals surface area contributed by atoms with Gasteiger partial charge in [0.15, 0.2) is 0 Å². The van der Waals surface area contributed by atoms with Crippen molar-refractivity contribution in [2.45, 2.75) is 0 Å². The van der Waals surface area contributed by atoms with E-state index < -0.39 is 5.91 Å². The van der Waals surface area contributed by atoms with E-state index in [9.17, 15) is 9.59 Å². The minimum absolute atomic E-state index is 0.0704. The van der Waals surface area contributed by atoms with Crippen LogP contribution in [0.1, 0.15) is 10.5 Å². The number of anilines is 1. The summed E-state index contributed by atoms with van der Waals surface area (Å²) in [5, 5.41) is 5.43. The molecule has 0 radical (unpaired) electrons. The monoisotopic (exact) mass is 300 g/mol. The van der Waals surface area contributed by atoms with Crippen LogP contribution in [0, 0.1) is 0 Å². The Morgan fingerprint density at radius 2 is 1.95 bits per heavy atom. The quantitative estimate of drug-likeness (QED) is 0.348. The van der Waals surface area contributed by atoms with Gasteiger partial charge in [0.1, 0.15) is 11.5 Å². The highest BCUT2D eigenvalue weighted by Gasteiger charge is 2.12. The summed E-state index contributed by atoms with van der Waals surface area (Å²) >= 11 is 5.88. The van der Waals surface area contributed by atoms with Gasteiger partial charge >= 0.3 is 6.03 Å². The van der Waals surface area contributed by atoms with Crippen LogP contribution in [0.5, 0.6) is 0 Å². The van der Waals surface area contributed by atoms with Crippen molar-refractivity contribution >= 4 is 29.4 Å². The van der Waals surface area contributed by atoms with Crippen LogP contribution < -0.4 is 21.9 Å². The van der Waals surface area contributed by atoms with Gasteiger partial charge in [-0.15, -0.1) is 0 Å². The van der Waals surface area contributed by atoms with Crippen molar-refractivity contribution < 1.29 is 9.59 Å². The van der Waals surface area contributed by atoms with Gasteiger partial charge in [0.25, 0.3) is 5.91 Å². The Morgan fingerprint density at radius 3 is 2.55 bits per heavy atom. The van der Waals surface area contributed by atoms with Gasteiger partial charge < -0.3 is 21.0 Å². The number of hydrogen-bond donors (Lipinski definition) is 4. The Bertz CT molecular complexity index is 494. The molecule has 3 amide bonds. The third-order valence-electron chi connectivity index (χ3n) is 2.30. The molecule has 110 valence electrons. The zero-order chi connectivity index (χ0) is 15.1. The van der Waals surface area contributed by atoms with Gasteiger partial charge in [0.05, 0.1) is 5.02 Å². The summed E-state index contributed by atoms with van der Waals surface area (Å²) < 4.78 is 0. The second-order valence-corrected chi connectivity index (χ2v) is 4.46. The maximum absolute atomic E-state index is 11.9. The molecule has 0 spiro atoms. The van der Waals surface area contributed by atoms with E-state index in [0.717, 1.165) is 0 Å². The Balaban J connectivity index is 2.49. The molecule has 1 aromatic rings. The Morgan fingerprint density at radius 1 is 1.30 bits per heavy atom. The van der Waals surface area contributed by atoms with E-state index in [1.807, 2.05) is 0 Å². The molecule has 1 rings (SSSR count). The van der Waals surface area contributed by atoms with E-state index in [1.165, 1.54) is 11.0 Å². The van der Waals surface area contributed by atoms with Crippen LogP contribution in [-0.2, 0) is 0 Å². The first-order valence-corrected chi connectivity index (χ1v) is 6.20. The number of carbonyl (C=O) groups is 2. The largest absolute Gasteiger partial charge is 0.349 e. The van der Waals surface area contributed by atoms with Crippen LogP contribution in [0.15, 0.2) is 12.1 Å². The van der Waals surface area contributed by atoms with Crippen molar-refractivity contribution in [1.29, 1.82) is 0 Å². The zero-order valence-electron chi connectivity index (χ0n) is 11.2. The highest BCUT2D eigenvalue weighted by Crippen LogP contribution is 2.15. The normalized spacial score (nSPS) is 9.80. The first-order chi connectivity index (χ1) is 9.45.